The van der Waals surface area contributed by atoms with Crippen molar-refractivity contribution in [2.75, 3.05) is 6.54 Å². The lowest BCUT2D eigenvalue weighted by molar-refractivity contribution is -0.118. The zero-order valence-electron chi connectivity index (χ0n) is 15.8. The fraction of sp³-hybridized carbons (Fsp3) is 0.500. The van der Waals surface area contributed by atoms with Gasteiger partial charge in [-0.3, -0.25) is 4.79 Å². The minimum atomic E-state index is -0.551. The number of rotatable bonds is 6. The van der Waals surface area contributed by atoms with Crippen molar-refractivity contribution in [2.45, 2.75) is 51.7 Å². The maximum Gasteiger partial charge on any atom is 0.407 e. The van der Waals surface area contributed by atoms with Crippen LogP contribution < -0.4 is 10.6 Å². The number of carbonyl (C=O) groups is 2. The number of ether oxygens (including phenoxy) is 1. The first-order chi connectivity index (χ1) is 12.1. The minimum Gasteiger partial charge on any atom is -0.444 e. The zero-order valence-corrected chi connectivity index (χ0v) is 16.5. The van der Waals surface area contributed by atoms with Crippen LogP contribution in [0, 0.1) is 5.92 Å². The second kappa shape index (κ2) is 8.12. The largest absolute Gasteiger partial charge is 0.444 e. The summed E-state index contributed by atoms with van der Waals surface area (Å²) in [6.45, 7) is 7.73. The van der Waals surface area contributed by atoms with E-state index in [-0.39, 0.29) is 5.91 Å². The molecule has 1 fully saturated rings. The molecule has 0 spiro atoms. The molecule has 2 N–H and O–H groups in total. The minimum absolute atomic E-state index is 0.194. The number of benzene rings is 1. The van der Waals surface area contributed by atoms with Gasteiger partial charge in [0.25, 0.3) is 0 Å². The van der Waals surface area contributed by atoms with E-state index in [0.29, 0.717) is 17.5 Å². The molecule has 0 radical (unpaired) electrons. The van der Waals surface area contributed by atoms with Gasteiger partial charge < -0.3 is 15.4 Å². The van der Waals surface area contributed by atoms with Gasteiger partial charge in [0.2, 0.25) is 5.91 Å². The fourth-order valence-corrected chi connectivity index (χ4v) is 2.78. The third-order valence-electron chi connectivity index (χ3n) is 4.18. The summed E-state index contributed by atoms with van der Waals surface area (Å²) in [7, 11) is 0. The van der Waals surface area contributed by atoms with Gasteiger partial charge in [0.1, 0.15) is 5.60 Å². The van der Waals surface area contributed by atoms with E-state index in [0.717, 1.165) is 18.4 Å². The topological polar surface area (TPSA) is 67.4 Å². The van der Waals surface area contributed by atoms with Crippen molar-refractivity contribution in [3.63, 3.8) is 0 Å². The summed E-state index contributed by atoms with van der Waals surface area (Å²) >= 11 is 5.86. The molecule has 1 aliphatic rings. The average molecular weight is 379 g/mol. The van der Waals surface area contributed by atoms with Crippen molar-refractivity contribution in [3.8, 4) is 0 Å². The van der Waals surface area contributed by atoms with Crippen molar-refractivity contribution < 1.29 is 14.3 Å². The number of amides is 2. The summed E-state index contributed by atoms with van der Waals surface area (Å²) in [6, 6.07) is 7.24. The van der Waals surface area contributed by atoms with Crippen LogP contribution in [0.5, 0.6) is 0 Å². The van der Waals surface area contributed by atoms with E-state index in [1.807, 2.05) is 39.8 Å². The summed E-state index contributed by atoms with van der Waals surface area (Å²) < 4.78 is 5.27. The highest BCUT2D eigenvalue weighted by Gasteiger charge is 2.42. The van der Waals surface area contributed by atoms with Crippen LogP contribution in [0.25, 0.3) is 6.08 Å². The normalized spacial score (nSPS) is 16.8. The van der Waals surface area contributed by atoms with E-state index in [4.69, 9.17) is 16.3 Å². The zero-order chi connectivity index (χ0) is 19.4. The lowest BCUT2D eigenvalue weighted by atomic mass is 9.95. The van der Waals surface area contributed by atoms with Gasteiger partial charge in [-0.15, -0.1) is 0 Å². The van der Waals surface area contributed by atoms with E-state index in [1.54, 1.807) is 18.2 Å². The monoisotopic (exact) mass is 378 g/mol. The summed E-state index contributed by atoms with van der Waals surface area (Å²) in [5.74, 6) is 0.158. The lowest BCUT2D eigenvalue weighted by Gasteiger charge is -2.31. The molecule has 0 bridgehead atoms. The Kier molecular flexibility index (Phi) is 6.34. The lowest BCUT2D eigenvalue weighted by Crippen LogP contribution is -2.55. The van der Waals surface area contributed by atoms with Crippen molar-refractivity contribution in [1.82, 2.24) is 10.6 Å². The highest BCUT2D eigenvalue weighted by molar-refractivity contribution is 6.30. The Hall–Kier alpha value is -2.01. The third kappa shape index (κ3) is 6.71. The molecular weight excluding hydrogens is 352 g/mol. The molecule has 0 aromatic heterocycles. The molecule has 1 saturated carbocycles. The van der Waals surface area contributed by atoms with Crippen LogP contribution in [-0.4, -0.2) is 29.7 Å². The van der Waals surface area contributed by atoms with E-state index in [9.17, 15) is 9.59 Å². The maximum absolute atomic E-state index is 12.3. The van der Waals surface area contributed by atoms with Crippen molar-refractivity contribution in [3.05, 3.63) is 40.9 Å². The van der Waals surface area contributed by atoms with Gasteiger partial charge in [0, 0.05) is 17.6 Å². The molecule has 142 valence electrons. The van der Waals surface area contributed by atoms with E-state index < -0.39 is 17.2 Å². The highest BCUT2D eigenvalue weighted by atomic mass is 35.5. The van der Waals surface area contributed by atoms with Crippen LogP contribution in [0.15, 0.2) is 30.3 Å². The van der Waals surface area contributed by atoms with Gasteiger partial charge in [-0.1, -0.05) is 23.7 Å². The number of hydrogen-bond acceptors (Lipinski definition) is 3. The Morgan fingerprint density at radius 3 is 2.35 bits per heavy atom. The Morgan fingerprint density at radius 2 is 1.81 bits per heavy atom. The molecular formula is C20H27ClN2O3. The van der Waals surface area contributed by atoms with E-state index >= 15 is 0 Å². The van der Waals surface area contributed by atoms with Crippen LogP contribution >= 0.6 is 11.6 Å². The Bertz CT molecular complexity index is 675. The third-order valence-corrected chi connectivity index (χ3v) is 4.44. The fourth-order valence-electron chi connectivity index (χ4n) is 2.65. The predicted molar refractivity (Wildman–Crippen MR) is 104 cm³/mol. The van der Waals surface area contributed by atoms with E-state index in [2.05, 4.69) is 10.6 Å². The molecule has 1 aromatic rings. The Balaban J connectivity index is 1.92. The second-order valence-electron chi connectivity index (χ2n) is 7.92. The van der Waals surface area contributed by atoms with Crippen LogP contribution in [-0.2, 0) is 9.53 Å². The van der Waals surface area contributed by atoms with E-state index in [1.165, 1.54) is 6.08 Å². The van der Waals surface area contributed by atoms with Crippen LogP contribution in [0.1, 0.15) is 46.1 Å². The predicted octanol–water partition coefficient (Wildman–Crippen LogP) is 4.16. The molecule has 0 aliphatic heterocycles. The molecule has 2 amide bonds. The van der Waals surface area contributed by atoms with Crippen LogP contribution in [0.2, 0.25) is 5.02 Å². The first-order valence-corrected chi connectivity index (χ1v) is 9.18. The SMILES string of the molecule is CC(C)(C)OC(=O)NCC(C)(NC(=O)C=Cc1ccc(Cl)cc1)C1CC1. The molecule has 1 aromatic carbocycles. The van der Waals surface area contributed by atoms with Gasteiger partial charge >= 0.3 is 6.09 Å². The molecule has 0 heterocycles. The van der Waals surface area contributed by atoms with Gasteiger partial charge in [-0.2, -0.15) is 0 Å². The molecule has 2 rings (SSSR count). The average Bonchev–Trinajstić information content (AvgIpc) is 3.36. The standard InChI is InChI=1S/C20H27ClN2O3/c1-19(2,3)26-18(25)22-13-20(4,15-8-9-15)23-17(24)12-7-14-5-10-16(21)11-6-14/h5-7,10-12,15H,8-9,13H2,1-4H3,(H,22,25)(H,23,24). The summed E-state index contributed by atoms with van der Waals surface area (Å²) in [5.41, 5.74) is -0.160. The van der Waals surface area contributed by atoms with Gasteiger partial charge in [0.15, 0.2) is 0 Å². The number of nitrogens with one attached hydrogen (secondary N) is 2. The molecule has 1 atom stereocenters. The van der Waals surface area contributed by atoms with Gasteiger partial charge in [-0.05, 0) is 70.2 Å². The van der Waals surface area contributed by atoms with Crippen molar-refractivity contribution in [1.29, 1.82) is 0 Å². The molecule has 1 unspecified atom stereocenters. The molecule has 6 heteroatoms. The molecule has 26 heavy (non-hydrogen) atoms. The maximum atomic E-state index is 12.3. The second-order valence-corrected chi connectivity index (χ2v) is 8.36. The first-order valence-electron chi connectivity index (χ1n) is 8.80. The molecule has 5 nitrogen and oxygen atoms in total. The van der Waals surface area contributed by atoms with Crippen LogP contribution in [0.4, 0.5) is 4.79 Å². The first kappa shape index (κ1) is 20.3. The van der Waals surface area contributed by atoms with Crippen molar-refractivity contribution >= 4 is 29.7 Å². The van der Waals surface area contributed by atoms with Gasteiger partial charge in [0.05, 0.1) is 5.54 Å². The Morgan fingerprint density at radius 1 is 1.19 bits per heavy atom. The van der Waals surface area contributed by atoms with Crippen LogP contribution in [0.3, 0.4) is 0 Å². The molecule has 1 aliphatic carbocycles. The number of carbonyl (C=O) groups excluding carboxylic acids is 2. The number of hydrogen-bond donors (Lipinski definition) is 2. The number of halogens is 1. The molecule has 0 saturated heterocycles. The van der Waals surface area contributed by atoms with Gasteiger partial charge in [-0.25, -0.2) is 4.79 Å². The highest BCUT2D eigenvalue weighted by Crippen LogP contribution is 2.39. The van der Waals surface area contributed by atoms with Crippen molar-refractivity contribution in [2.24, 2.45) is 5.92 Å². The Labute approximate surface area is 160 Å². The summed E-state index contributed by atoms with van der Waals surface area (Å²) in [4.78, 5) is 24.2. The smallest absolute Gasteiger partial charge is 0.407 e. The summed E-state index contributed by atoms with van der Waals surface area (Å²) in [6.07, 6.45) is 4.83. The summed E-state index contributed by atoms with van der Waals surface area (Å²) in [5, 5.41) is 6.46. The quantitative estimate of drug-likeness (QED) is 0.730. The number of alkyl carbamates (subject to hydrolysis) is 1.